The van der Waals surface area contributed by atoms with Gasteiger partial charge in [-0.3, -0.25) is 0 Å². The van der Waals surface area contributed by atoms with Crippen LogP contribution in [0.25, 0.3) is 5.65 Å². The van der Waals surface area contributed by atoms with E-state index in [9.17, 15) is 34.8 Å². The zero-order valence-corrected chi connectivity index (χ0v) is 13.7. The quantitative estimate of drug-likeness (QED) is 0.463. The summed E-state index contributed by atoms with van der Waals surface area (Å²) in [5.41, 5.74) is -5.78. The molecule has 0 fully saturated rings. The zero-order valence-electron chi connectivity index (χ0n) is 12.9. The fourth-order valence-electron chi connectivity index (χ4n) is 2.30. The Kier molecular flexibility index (Phi) is 4.54. The summed E-state index contributed by atoms with van der Waals surface area (Å²) < 4.78 is 103. The Bertz CT molecular complexity index is 997. The maximum atomic E-state index is 12.9. The minimum Gasteiger partial charge on any atom is -0.381 e. The van der Waals surface area contributed by atoms with E-state index in [2.05, 4.69) is 24.8 Å². The maximum Gasteiger partial charge on any atom is 0.534 e. The van der Waals surface area contributed by atoms with E-state index in [1.165, 1.54) is 12.1 Å². The highest BCUT2D eigenvalue weighted by Crippen LogP contribution is 2.32. The molecule has 0 saturated heterocycles. The molecule has 3 heterocycles. The molecule has 1 aliphatic heterocycles. The summed E-state index contributed by atoms with van der Waals surface area (Å²) in [4.78, 5) is 0. The Morgan fingerprint density at radius 2 is 1.85 bits per heavy atom. The van der Waals surface area contributed by atoms with Crippen molar-refractivity contribution in [2.75, 3.05) is 6.54 Å². The number of nitrogens with one attached hydrogen (secondary N) is 1. The van der Waals surface area contributed by atoms with Crippen LogP contribution in [0.3, 0.4) is 0 Å². The molecule has 2 aromatic heterocycles. The van der Waals surface area contributed by atoms with Gasteiger partial charge in [0.2, 0.25) is 0 Å². The molecule has 3 rings (SSSR count). The molecular formula is C12H9F6N5O3S. The van der Waals surface area contributed by atoms with Gasteiger partial charge in [0, 0.05) is 13.0 Å². The second kappa shape index (κ2) is 6.33. The summed E-state index contributed by atoms with van der Waals surface area (Å²) in [6, 6.07) is 1.60. The molecule has 1 unspecified atom stereocenters. The summed E-state index contributed by atoms with van der Waals surface area (Å²) in [5, 5.41) is 12.9. The fraction of sp³-hybridized carbons (Fsp3) is 0.417. The number of alkyl halides is 6. The molecule has 15 heteroatoms. The van der Waals surface area contributed by atoms with Gasteiger partial charge in [0.05, 0.1) is 11.7 Å². The van der Waals surface area contributed by atoms with Crippen LogP contribution in [0.15, 0.2) is 24.0 Å². The predicted molar refractivity (Wildman–Crippen MR) is 75.3 cm³/mol. The monoisotopic (exact) mass is 417 g/mol. The van der Waals surface area contributed by atoms with Crippen LogP contribution in [-0.2, 0) is 20.5 Å². The number of nitrogens with zero attached hydrogens (tertiary/aromatic N) is 4. The molecule has 0 aromatic carbocycles. The van der Waals surface area contributed by atoms with Crippen molar-refractivity contribution in [2.45, 2.75) is 24.1 Å². The standard InChI is InChI=1S/C12H9F6N5O3S/c13-11(14,15)10-21-20-9-2-1-7(22-23(9)10)8-5-6(3-4-19-8)26-27(24,25)12(16,17)18/h1-3,8,19H,4-5H2. The molecule has 1 aliphatic rings. The van der Waals surface area contributed by atoms with E-state index in [0.717, 1.165) is 6.08 Å². The van der Waals surface area contributed by atoms with Crippen molar-refractivity contribution in [1.29, 1.82) is 0 Å². The minimum atomic E-state index is -5.85. The van der Waals surface area contributed by atoms with E-state index >= 15 is 0 Å². The first-order valence-corrected chi connectivity index (χ1v) is 8.52. The molecule has 1 N–H and O–H groups in total. The smallest absolute Gasteiger partial charge is 0.381 e. The van der Waals surface area contributed by atoms with Crippen molar-refractivity contribution in [3.8, 4) is 0 Å². The topological polar surface area (TPSA) is 98.5 Å². The third kappa shape index (κ3) is 3.83. The van der Waals surface area contributed by atoms with Gasteiger partial charge < -0.3 is 9.50 Å². The van der Waals surface area contributed by atoms with Gasteiger partial charge in [0.15, 0.2) is 5.65 Å². The first kappa shape index (κ1) is 19.3. The molecular weight excluding hydrogens is 408 g/mol. The number of halogens is 6. The highest BCUT2D eigenvalue weighted by atomic mass is 32.2. The SMILES string of the molecule is O=S(=O)(OC1=CCNC(c2ccc3nnc(C(F)(F)F)n3n2)C1)C(F)(F)F. The van der Waals surface area contributed by atoms with Crippen LogP contribution in [0.2, 0.25) is 0 Å². The minimum absolute atomic E-state index is 0.00593. The van der Waals surface area contributed by atoms with Crippen molar-refractivity contribution >= 4 is 15.8 Å². The van der Waals surface area contributed by atoms with Gasteiger partial charge in [0.1, 0.15) is 5.76 Å². The van der Waals surface area contributed by atoms with Gasteiger partial charge in [-0.05, 0) is 18.2 Å². The molecule has 0 aliphatic carbocycles. The van der Waals surface area contributed by atoms with E-state index in [-0.39, 0.29) is 24.3 Å². The third-order valence-corrected chi connectivity index (χ3v) is 4.49. The van der Waals surface area contributed by atoms with E-state index in [4.69, 9.17) is 0 Å². The van der Waals surface area contributed by atoms with E-state index in [0.29, 0.717) is 4.52 Å². The number of rotatable bonds is 3. The summed E-state index contributed by atoms with van der Waals surface area (Å²) in [6.45, 7) is -0.0819. The van der Waals surface area contributed by atoms with Gasteiger partial charge in [-0.15, -0.1) is 10.2 Å². The van der Waals surface area contributed by atoms with Crippen LogP contribution in [0.5, 0.6) is 0 Å². The molecule has 0 radical (unpaired) electrons. The number of hydrogen-bond acceptors (Lipinski definition) is 7. The Labute approximate surface area is 146 Å². The summed E-state index contributed by atoms with van der Waals surface area (Å²) >= 11 is 0. The van der Waals surface area contributed by atoms with Crippen LogP contribution in [-0.4, -0.2) is 40.3 Å². The van der Waals surface area contributed by atoms with Gasteiger partial charge >= 0.3 is 21.8 Å². The van der Waals surface area contributed by atoms with E-state index in [1.54, 1.807) is 0 Å². The zero-order chi connectivity index (χ0) is 20.0. The van der Waals surface area contributed by atoms with Crippen molar-refractivity contribution in [3.63, 3.8) is 0 Å². The second-order valence-electron chi connectivity index (χ2n) is 5.37. The first-order valence-electron chi connectivity index (χ1n) is 7.11. The maximum absolute atomic E-state index is 12.9. The average molecular weight is 417 g/mol. The molecule has 8 nitrogen and oxygen atoms in total. The van der Waals surface area contributed by atoms with E-state index < -0.39 is 39.4 Å². The summed E-state index contributed by atoms with van der Waals surface area (Å²) in [6.07, 6.45) is -4.12. The van der Waals surface area contributed by atoms with Gasteiger partial charge in [-0.1, -0.05) is 0 Å². The van der Waals surface area contributed by atoms with E-state index in [1.807, 2.05) is 0 Å². The lowest BCUT2D eigenvalue weighted by molar-refractivity contribution is -0.146. The summed E-state index contributed by atoms with van der Waals surface area (Å²) in [7, 11) is -5.85. The second-order valence-corrected chi connectivity index (χ2v) is 6.91. The molecule has 148 valence electrons. The van der Waals surface area contributed by atoms with Crippen LogP contribution >= 0.6 is 0 Å². The number of hydrogen-bond donors (Lipinski definition) is 1. The van der Waals surface area contributed by atoms with Crippen LogP contribution < -0.4 is 5.32 Å². The van der Waals surface area contributed by atoms with Crippen LogP contribution in [0, 0.1) is 0 Å². The molecule has 2 aromatic rings. The normalized spacial score (nSPS) is 19.2. The summed E-state index contributed by atoms with van der Waals surface area (Å²) in [5.74, 6) is -1.88. The van der Waals surface area contributed by atoms with Gasteiger partial charge in [-0.2, -0.15) is 44.4 Å². The molecule has 0 spiro atoms. The largest absolute Gasteiger partial charge is 0.534 e. The van der Waals surface area contributed by atoms with Crippen molar-refractivity contribution in [3.05, 3.63) is 35.5 Å². The Morgan fingerprint density at radius 3 is 2.48 bits per heavy atom. The van der Waals surface area contributed by atoms with Crippen molar-refractivity contribution in [1.82, 2.24) is 25.1 Å². The van der Waals surface area contributed by atoms with Crippen molar-refractivity contribution in [2.24, 2.45) is 0 Å². The lowest BCUT2D eigenvalue weighted by Gasteiger charge is -2.23. The highest BCUT2D eigenvalue weighted by Gasteiger charge is 2.49. The molecule has 0 saturated carbocycles. The molecule has 1 atom stereocenters. The van der Waals surface area contributed by atoms with Gasteiger partial charge in [-0.25, -0.2) is 0 Å². The van der Waals surface area contributed by atoms with Gasteiger partial charge in [0.25, 0.3) is 5.82 Å². The predicted octanol–water partition coefficient (Wildman–Crippen LogP) is 1.93. The number of aromatic nitrogens is 4. The molecule has 27 heavy (non-hydrogen) atoms. The Morgan fingerprint density at radius 1 is 1.15 bits per heavy atom. The molecule has 0 bridgehead atoms. The number of fused-ring (bicyclic) bond motifs is 1. The average Bonchev–Trinajstić information content (AvgIpc) is 2.96. The fourth-order valence-corrected chi connectivity index (χ4v) is 2.82. The van der Waals surface area contributed by atoms with Crippen molar-refractivity contribution < 1.29 is 38.9 Å². The third-order valence-electron chi connectivity index (χ3n) is 3.49. The lowest BCUT2D eigenvalue weighted by Crippen LogP contribution is -2.31. The van der Waals surface area contributed by atoms with Crippen LogP contribution in [0.4, 0.5) is 26.3 Å². The molecule has 0 amide bonds. The lowest BCUT2D eigenvalue weighted by atomic mass is 10.1. The first-order chi connectivity index (χ1) is 12.4. The Balaban J connectivity index is 1.87. The Hall–Kier alpha value is -2.42. The highest BCUT2D eigenvalue weighted by molar-refractivity contribution is 7.87. The van der Waals surface area contributed by atoms with Crippen LogP contribution in [0.1, 0.15) is 24.0 Å².